The average Bonchev–Trinajstić information content (AvgIpc) is 2.94. The maximum atomic E-state index is 13.0. The summed E-state index contributed by atoms with van der Waals surface area (Å²) in [5.74, 6) is -1.99. The van der Waals surface area contributed by atoms with Gasteiger partial charge in [-0.25, -0.2) is 4.79 Å². The molecule has 2 atom stereocenters. The summed E-state index contributed by atoms with van der Waals surface area (Å²) in [4.78, 5) is 37.8. The van der Waals surface area contributed by atoms with E-state index in [9.17, 15) is 19.5 Å². The van der Waals surface area contributed by atoms with Crippen molar-refractivity contribution in [2.45, 2.75) is 360 Å². The predicted octanol–water partition coefficient (Wildman–Crippen LogP) is 25.5. The van der Waals surface area contributed by atoms with Gasteiger partial charge in [-0.15, -0.1) is 0 Å². The fourth-order valence-electron chi connectivity index (χ4n) is 11.2. The van der Waals surface area contributed by atoms with Gasteiger partial charge in [-0.1, -0.05) is 354 Å². The van der Waals surface area contributed by atoms with Crippen molar-refractivity contribution >= 4 is 17.9 Å². The van der Waals surface area contributed by atoms with Gasteiger partial charge in [0.2, 0.25) is 0 Å². The largest absolute Gasteiger partial charge is 0.477 e. The van der Waals surface area contributed by atoms with Crippen molar-refractivity contribution in [3.8, 4) is 0 Å². The smallest absolute Gasteiger partial charge is 0.361 e. The molecule has 2 unspecified atom stereocenters. The average molecular weight is 1330 g/mol. The first-order valence-electron chi connectivity index (χ1n) is 39.7. The molecule has 0 aromatic carbocycles. The van der Waals surface area contributed by atoms with E-state index >= 15 is 0 Å². The standard InChI is InChI=1S/C86H149NO8/c1-6-8-10-12-14-16-18-20-22-24-26-28-30-32-34-36-38-40-42-44-46-48-50-52-54-56-58-60-62-64-66-68-70-72-74-76-83(88)93-80-82(81-94-86(85(90)91)92-79-78-87(3,4)5)95-84(89)77-75-73-71-69-67-65-63-61-59-57-55-53-51-49-47-45-43-41-39-37-35-33-31-29-27-25-23-21-19-17-15-13-11-9-7-2/h8-11,14-17,20-23,26-29,32-35,82,86H,6-7,12-13,18-19,24-25,30-31,36-81H2,1-5H3/p+1/b10-8-,11-9-,16-14-,17-15-,22-20-,23-21-,28-26-,29-27-,34-32-,35-33-. The van der Waals surface area contributed by atoms with E-state index in [-0.39, 0.29) is 32.2 Å². The summed E-state index contributed by atoms with van der Waals surface area (Å²) in [5.41, 5.74) is 0. The van der Waals surface area contributed by atoms with E-state index in [4.69, 9.17) is 18.9 Å². The molecular formula is C86H150NO8+. The van der Waals surface area contributed by atoms with Gasteiger partial charge in [0, 0.05) is 12.8 Å². The van der Waals surface area contributed by atoms with E-state index in [2.05, 4.69) is 135 Å². The highest BCUT2D eigenvalue weighted by molar-refractivity contribution is 5.71. The second-order valence-corrected chi connectivity index (χ2v) is 27.6. The van der Waals surface area contributed by atoms with Crippen molar-refractivity contribution in [2.24, 2.45) is 0 Å². The van der Waals surface area contributed by atoms with Gasteiger partial charge in [-0.2, -0.15) is 0 Å². The third kappa shape index (κ3) is 76.9. The Morgan fingerprint density at radius 1 is 0.316 bits per heavy atom. The van der Waals surface area contributed by atoms with Crippen LogP contribution in [0.15, 0.2) is 122 Å². The van der Waals surface area contributed by atoms with Crippen LogP contribution >= 0.6 is 0 Å². The molecule has 0 aromatic heterocycles. The Bertz CT molecular complexity index is 1980. The highest BCUT2D eigenvalue weighted by atomic mass is 16.7. The van der Waals surface area contributed by atoms with Crippen molar-refractivity contribution in [3.05, 3.63) is 122 Å². The molecule has 0 saturated carbocycles. The lowest BCUT2D eigenvalue weighted by Gasteiger charge is -2.25. The lowest BCUT2D eigenvalue weighted by Crippen LogP contribution is -2.40. The fourth-order valence-corrected chi connectivity index (χ4v) is 11.2. The van der Waals surface area contributed by atoms with Crippen LogP contribution in [0.4, 0.5) is 0 Å². The Morgan fingerprint density at radius 3 is 0.842 bits per heavy atom. The molecule has 0 fully saturated rings. The fraction of sp³-hybridized carbons (Fsp3) is 0.733. The Hall–Kier alpha value is -4.31. The van der Waals surface area contributed by atoms with Gasteiger partial charge in [-0.3, -0.25) is 9.59 Å². The first kappa shape index (κ1) is 90.7. The number of unbranched alkanes of at least 4 members (excludes halogenated alkanes) is 38. The molecule has 0 aliphatic heterocycles. The number of nitrogens with zero attached hydrogens (tertiary/aromatic N) is 1. The van der Waals surface area contributed by atoms with Crippen LogP contribution in [0.1, 0.15) is 348 Å². The van der Waals surface area contributed by atoms with Crippen molar-refractivity contribution in [1.29, 1.82) is 0 Å². The minimum Gasteiger partial charge on any atom is -0.477 e. The molecule has 9 heteroatoms. The number of quaternary nitrogens is 1. The lowest BCUT2D eigenvalue weighted by atomic mass is 10.0. The van der Waals surface area contributed by atoms with E-state index in [0.29, 0.717) is 17.4 Å². The maximum Gasteiger partial charge on any atom is 0.361 e. The highest BCUT2D eigenvalue weighted by Gasteiger charge is 2.25. The lowest BCUT2D eigenvalue weighted by molar-refractivity contribution is -0.870. The third-order valence-electron chi connectivity index (χ3n) is 17.2. The van der Waals surface area contributed by atoms with E-state index in [1.807, 2.05) is 21.1 Å². The van der Waals surface area contributed by atoms with Crippen LogP contribution in [-0.2, 0) is 33.3 Å². The first-order valence-corrected chi connectivity index (χ1v) is 39.7. The molecule has 0 bridgehead atoms. The van der Waals surface area contributed by atoms with Crippen molar-refractivity contribution < 1.29 is 42.9 Å². The summed E-state index contributed by atoms with van der Waals surface area (Å²) < 4.78 is 23.1. The number of rotatable bonds is 73. The van der Waals surface area contributed by atoms with Gasteiger partial charge in [-0.05, 0) is 103 Å². The van der Waals surface area contributed by atoms with Crippen LogP contribution in [0.5, 0.6) is 0 Å². The number of esters is 2. The SMILES string of the molecule is CC/C=C\C/C=C\C/C=C\C/C=C\C/C=C\CCCCCCCCCCCCCCCCCCCCCC(=O)OCC(COC(OCC[N+](C)(C)C)C(=O)O)OC(=O)CCCCCCCCCCCCCCCCCCCCC/C=C\C/C=C\C/C=C\C/C=C\C/C=C\CC. The van der Waals surface area contributed by atoms with E-state index in [0.717, 1.165) is 103 Å². The van der Waals surface area contributed by atoms with Crippen LogP contribution in [-0.4, -0.2) is 87.4 Å². The number of ether oxygens (including phenoxy) is 4. The van der Waals surface area contributed by atoms with Crippen LogP contribution in [0, 0.1) is 0 Å². The van der Waals surface area contributed by atoms with Crippen LogP contribution in [0.3, 0.4) is 0 Å². The van der Waals surface area contributed by atoms with E-state index < -0.39 is 24.3 Å². The Morgan fingerprint density at radius 2 is 0.568 bits per heavy atom. The number of aliphatic carboxylic acids is 1. The molecule has 546 valence electrons. The second-order valence-electron chi connectivity index (χ2n) is 27.6. The molecule has 95 heavy (non-hydrogen) atoms. The van der Waals surface area contributed by atoms with Gasteiger partial charge in [0.25, 0.3) is 6.29 Å². The minimum absolute atomic E-state index is 0.182. The molecule has 9 nitrogen and oxygen atoms in total. The second kappa shape index (κ2) is 75.5. The van der Waals surface area contributed by atoms with Gasteiger partial charge in [0.1, 0.15) is 13.2 Å². The molecule has 0 radical (unpaired) electrons. The molecule has 0 rings (SSSR count). The van der Waals surface area contributed by atoms with Crippen LogP contribution in [0.25, 0.3) is 0 Å². The summed E-state index contributed by atoms with van der Waals surface area (Å²) in [6.45, 7) is 4.69. The monoisotopic (exact) mass is 1330 g/mol. The molecule has 0 aliphatic carbocycles. The Kier molecular flexibility index (Phi) is 72.0. The molecular weight excluding hydrogens is 1170 g/mol. The summed E-state index contributed by atoms with van der Waals surface area (Å²) in [5, 5.41) is 9.78. The molecule has 0 spiro atoms. The number of hydrogen-bond acceptors (Lipinski definition) is 7. The number of carbonyl (C=O) groups excluding carboxylic acids is 2. The number of carboxylic acids is 1. The summed E-state index contributed by atoms with van der Waals surface area (Å²) in [7, 11) is 5.99. The molecule has 0 amide bonds. The highest BCUT2D eigenvalue weighted by Crippen LogP contribution is 2.19. The zero-order valence-corrected chi connectivity index (χ0v) is 62.6. The molecule has 0 aromatic rings. The summed E-state index contributed by atoms with van der Waals surface area (Å²) >= 11 is 0. The molecule has 0 aliphatic rings. The van der Waals surface area contributed by atoms with E-state index in [1.54, 1.807) is 0 Å². The topological polar surface area (TPSA) is 108 Å². The number of carboxylic acid groups (broad SMARTS) is 1. The quantitative estimate of drug-likeness (QED) is 0.0211. The van der Waals surface area contributed by atoms with Gasteiger partial charge in [0.15, 0.2) is 6.10 Å². The maximum absolute atomic E-state index is 13.0. The number of carbonyl (C=O) groups is 3. The summed E-state index contributed by atoms with van der Waals surface area (Å²) in [6, 6.07) is 0. The van der Waals surface area contributed by atoms with Crippen LogP contribution < -0.4 is 0 Å². The van der Waals surface area contributed by atoms with Gasteiger partial charge in [0.05, 0.1) is 34.4 Å². The van der Waals surface area contributed by atoms with Gasteiger partial charge < -0.3 is 28.5 Å². The first-order chi connectivity index (χ1) is 46.6. The van der Waals surface area contributed by atoms with E-state index in [1.165, 1.54) is 218 Å². The van der Waals surface area contributed by atoms with Crippen molar-refractivity contribution in [2.75, 3.05) is 47.5 Å². The van der Waals surface area contributed by atoms with Crippen molar-refractivity contribution in [3.63, 3.8) is 0 Å². The number of hydrogen-bond donors (Lipinski definition) is 1. The molecule has 0 heterocycles. The van der Waals surface area contributed by atoms with Crippen molar-refractivity contribution in [1.82, 2.24) is 0 Å². The predicted molar refractivity (Wildman–Crippen MR) is 410 cm³/mol. The van der Waals surface area contributed by atoms with Crippen LogP contribution in [0.2, 0.25) is 0 Å². The summed E-state index contributed by atoms with van der Waals surface area (Å²) in [6.07, 6.45) is 105. The number of likely N-dealkylation sites (N-methyl/N-ethyl adjacent to an activating group) is 1. The Balaban J connectivity index is 4.01. The zero-order valence-electron chi connectivity index (χ0n) is 62.6. The minimum atomic E-state index is -1.51. The van der Waals surface area contributed by atoms with Gasteiger partial charge >= 0.3 is 17.9 Å². The third-order valence-corrected chi connectivity index (χ3v) is 17.2. The Labute approximate surface area is 587 Å². The number of allylic oxidation sites excluding steroid dienone is 20. The normalized spacial score (nSPS) is 13.3. The molecule has 0 saturated heterocycles. The zero-order chi connectivity index (χ0) is 69.0. The molecule has 1 N–H and O–H groups in total.